The molecule has 0 spiro atoms. The minimum Gasteiger partial charge on any atom is -0.356 e. The van der Waals surface area contributed by atoms with Gasteiger partial charge in [-0.3, -0.25) is 4.79 Å². The van der Waals surface area contributed by atoms with Gasteiger partial charge in [0.1, 0.15) is 0 Å². The molecular weight excluding hydrogens is 188 g/mol. The number of carbonyl (C=O) groups excluding carboxylic acids is 1. The summed E-state index contributed by atoms with van der Waals surface area (Å²) in [5, 5.41) is 2.99. The van der Waals surface area contributed by atoms with E-state index in [0.29, 0.717) is 12.3 Å². The first-order valence-electron chi connectivity index (χ1n) is 6.03. The third-order valence-electron chi connectivity index (χ3n) is 2.93. The number of hydrogen-bond donors (Lipinski definition) is 2. The summed E-state index contributed by atoms with van der Waals surface area (Å²) in [5.41, 5.74) is 5.39. The highest BCUT2D eigenvalue weighted by Crippen LogP contribution is 2.22. The zero-order valence-electron chi connectivity index (χ0n) is 10.0. The van der Waals surface area contributed by atoms with Crippen LogP contribution in [0.2, 0.25) is 0 Å². The highest BCUT2D eigenvalue weighted by molar-refractivity contribution is 5.77. The molecule has 0 saturated heterocycles. The maximum Gasteiger partial charge on any atom is 0.221 e. The molecule has 0 aliphatic heterocycles. The molecule has 3 heteroatoms. The highest BCUT2D eigenvalue weighted by Gasteiger charge is 2.18. The van der Waals surface area contributed by atoms with Crippen molar-refractivity contribution in [1.29, 1.82) is 0 Å². The molecule has 0 aromatic heterocycles. The molecule has 1 saturated carbocycles. The van der Waals surface area contributed by atoms with E-state index in [1.807, 2.05) is 13.8 Å². The van der Waals surface area contributed by atoms with Crippen LogP contribution >= 0.6 is 0 Å². The average Bonchev–Trinajstić information content (AvgIpc) is 2.14. The molecule has 0 radical (unpaired) electrons. The minimum absolute atomic E-state index is 0.0908. The smallest absolute Gasteiger partial charge is 0.221 e. The minimum atomic E-state index is -0.392. The first-order valence-corrected chi connectivity index (χ1v) is 6.03. The van der Waals surface area contributed by atoms with E-state index in [2.05, 4.69) is 5.32 Å². The van der Waals surface area contributed by atoms with Gasteiger partial charge >= 0.3 is 0 Å². The van der Waals surface area contributed by atoms with Crippen molar-refractivity contribution in [1.82, 2.24) is 5.32 Å². The van der Waals surface area contributed by atoms with Gasteiger partial charge in [0.05, 0.1) is 0 Å². The Bertz CT molecular complexity index is 202. The Balaban J connectivity index is 2.15. The summed E-state index contributed by atoms with van der Waals surface area (Å²) in [7, 11) is 0. The van der Waals surface area contributed by atoms with E-state index in [4.69, 9.17) is 5.73 Å². The molecule has 0 heterocycles. The second-order valence-corrected chi connectivity index (χ2v) is 5.47. The molecule has 0 unspecified atom stereocenters. The molecule has 1 rings (SSSR count). The van der Waals surface area contributed by atoms with E-state index in [1.54, 1.807) is 0 Å². The zero-order chi connectivity index (χ0) is 11.3. The van der Waals surface area contributed by atoms with Crippen LogP contribution in [0.3, 0.4) is 0 Å². The normalized spacial score (nSPS) is 18.9. The lowest BCUT2D eigenvalue weighted by atomic mass is 9.89. The van der Waals surface area contributed by atoms with Crippen LogP contribution in [0.15, 0.2) is 0 Å². The number of carbonyl (C=O) groups is 1. The Labute approximate surface area is 92.8 Å². The quantitative estimate of drug-likeness (QED) is 0.746. The Hall–Kier alpha value is -0.570. The third-order valence-corrected chi connectivity index (χ3v) is 2.93. The third kappa shape index (κ3) is 5.78. The van der Waals surface area contributed by atoms with Crippen molar-refractivity contribution in [2.75, 3.05) is 6.54 Å². The zero-order valence-corrected chi connectivity index (χ0v) is 10.0. The van der Waals surface area contributed by atoms with Crippen molar-refractivity contribution in [2.45, 2.75) is 57.9 Å². The van der Waals surface area contributed by atoms with E-state index >= 15 is 0 Å². The molecule has 3 nitrogen and oxygen atoms in total. The molecule has 3 N–H and O–H groups in total. The van der Waals surface area contributed by atoms with Gasteiger partial charge < -0.3 is 11.1 Å². The molecule has 0 atom stereocenters. The molecule has 0 bridgehead atoms. The van der Waals surface area contributed by atoms with Gasteiger partial charge in [-0.2, -0.15) is 0 Å². The van der Waals surface area contributed by atoms with Gasteiger partial charge in [0.25, 0.3) is 0 Å². The summed E-state index contributed by atoms with van der Waals surface area (Å²) in [6, 6.07) is 0. The lowest BCUT2D eigenvalue weighted by Gasteiger charge is -2.23. The molecule has 0 aromatic rings. The van der Waals surface area contributed by atoms with Crippen LogP contribution in [0.4, 0.5) is 0 Å². The maximum atomic E-state index is 11.5. The van der Waals surface area contributed by atoms with E-state index in [9.17, 15) is 4.79 Å². The SMILES string of the molecule is CC(C)(N)CC(=O)NCC1CCCCC1. The Morgan fingerprint density at radius 3 is 2.47 bits per heavy atom. The Morgan fingerprint density at radius 2 is 1.93 bits per heavy atom. The topological polar surface area (TPSA) is 55.1 Å². The van der Waals surface area contributed by atoms with Crippen molar-refractivity contribution in [3.63, 3.8) is 0 Å². The standard InChI is InChI=1S/C12H24N2O/c1-12(2,13)8-11(15)14-9-10-6-4-3-5-7-10/h10H,3-9,13H2,1-2H3,(H,14,15). The fourth-order valence-corrected chi connectivity index (χ4v) is 2.13. The summed E-state index contributed by atoms with van der Waals surface area (Å²) in [6.45, 7) is 4.61. The average molecular weight is 212 g/mol. The molecule has 88 valence electrons. The number of nitrogens with two attached hydrogens (primary N) is 1. The van der Waals surface area contributed by atoms with Crippen LogP contribution in [-0.4, -0.2) is 18.0 Å². The summed E-state index contributed by atoms with van der Waals surface area (Å²) in [4.78, 5) is 11.5. The fourth-order valence-electron chi connectivity index (χ4n) is 2.13. The van der Waals surface area contributed by atoms with Gasteiger partial charge in [-0.25, -0.2) is 0 Å². The summed E-state index contributed by atoms with van der Waals surface area (Å²) in [6.07, 6.45) is 6.96. The molecule has 1 amide bonds. The Kier molecular flexibility index (Phi) is 4.58. The van der Waals surface area contributed by atoms with Gasteiger partial charge in [-0.15, -0.1) is 0 Å². The summed E-state index contributed by atoms with van der Waals surface area (Å²) in [5.74, 6) is 0.789. The second kappa shape index (κ2) is 5.50. The highest BCUT2D eigenvalue weighted by atomic mass is 16.1. The molecule has 1 fully saturated rings. The van der Waals surface area contributed by atoms with Gasteiger partial charge in [0.15, 0.2) is 0 Å². The fraction of sp³-hybridized carbons (Fsp3) is 0.917. The first kappa shape index (κ1) is 12.5. The second-order valence-electron chi connectivity index (χ2n) is 5.47. The largest absolute Gasteiger partial charge is 0.356 e. The number of nitrogens with one attached hydrogen (secondary N) is 1. The number of amides is 1. The molecule has 1 aliphatic carbocycles. The molecule has 0 aromatic carbocycles. The van der Waals surface area contributed by atoms with E-state index in [-0.39, 0.29) is 5.91 Å². The van der Waals surface area contributed by atoms with Crippen LogP contribution < -0.4 is 11.1 Å². The van der Waals surface area contributed by atoms with Crippen LogP contribution in [0.25, 0.3) is 0 Å². The molecule has 1 aliphatic rings. The number of rotatable bonds is 4. The van der Waals surface area contributed by atoms with Crippen LogP contribution in [0.5, 0.6) is 0 Å². The van der Waals surface area contributed by atoms with Crippen molar-refractivity contribution in [2.24, 2.45) is 11.7 Å². The van der Waals surface area contributed by atoms with Gasteiger partial charge in [-0.1, -0.05) is 19.3 Å². The van der Waals surface area contributed by atoms with Gasteiger partial charge in [0.2, 0.25) is 5.91 Å². The van der Waals surface area contributed by atoms with Crippen molar-refractivity contribution >= 4 is 5.91 Å². The van der Waals surface area contributed by atoms with Gasteiger partial charge in [-0.05, 0) is 32.6 Å². The predicted molar refractivity (Wildman–Crippen MR) is 62.5 cm³/mol. The summed E-state index contributed by atoms with van der Waals surface area (Å²) < 4.78 is 0. The molecular formula is C12H24N2O. The van der Waals surface area contributed by atoms with Crippen LogP contribution in [-0.2, 0) is 4.79 Å². The van der Waals surface area contributed by atoms with Gasteiger partial charge in [0, 0.05) is 18.5 Å². The van der Waals surface area contributed by atoms with Crippen molar-refractivity contribution < 1.29 is 4.79 Å². The molecule has 15 heavy (non-hydrogen) atoms. The van der Waals surface area contributed by atoms with Crippen LogP contribution in [0.1, 0.15) is 52.4 Å². The summed E-state index contributed by atoms with van der Waals surface area (Å²) >= 11 is 0. The van der Waals surface area contributed by atoms with Crippen LogP contribution in [0, 0.1) is 5.92 Å². The maximum absolute atomic E-state index is 11.5. The predicted octanol–water partition coefficient (Wildman–Crippen LogP) is 1.81. The lowest BCUT2D eigenvalue weighted by molar-refractivity contribution is -0.122. The van der Waals surface area contributed by atoms with E-state index in [0.717, 1.165) is 6.54 Å². The Morgan fingerprint density at radius 1 is 1.33 bits per heavy atom. The lowest BCUT2D eigenvalue weighted by Crippen LogP contribution is -2.40. The van der Waals surface area contributed by atoms with E-state index < -0.39 is 5.54 Å². The first-order chi connectivity index (χ1) is 6.97. The number of hydrogen-bond acceptors (Lipinski definition) is 2. The monoisotopic (exact) mass is 212 g/mol. The van der Waals surface area contributed by atoms with Crippen molar-refractivity contribution in [3.8, 4) is 0 Å². The van der Waals surface area contributed by atoms with E-state index in [1.165, 1.54) is 32.1 Å². The van der Waals surface area contributed by atoms with Crippen molar-refractivity contribution in [3.05, 3.63) is 0 Å².